The number of hydrogen-bond donors (Lipinski definition) is 2. The van der Waals surface area contributed by atoms with Crippen LogP contribution in [0, 0.1) is 5.82 Å². The molecule has 4 nitrogen and oxygen atoms in total. The standard InChI is InChI=1S/C15H14FNO3/c1-2-20-14-8-7-10(9-12(14)16)17-15(19)11-5-3-4-6-13(11)18/h3-9,18H,2H2,1H3,(H,17,19). The molecule has 0 bridgehead atoms. The summed E-state index contributed by atoms with van der Waals surface area (Å²) in [6.45, 7) is 2.12. The molecule has 0 radical (unpaired) electrons. The number of benzene rings is 2. The number of ether oxygens (including phenoxy) is 1. The predicted molar refractivity (Wildman–Crippen MR) is 73.6 cm³/mol. The van der Waals surface area contributed by atoms with Gasteiger partial charge in [0.1, 0.15) is 5.75 Å². The van der Waals surface area contributed by atoms with Crippen LogP contribution in [-0.4, -0.2) is 17.6 Å². The molecule has 1 amide bonds. The van der Waals surface area contributed by atoms with Crippen molar-refractivity contribution in [2.24, 2.45) is 0 Å². The van der Waals surface area contributed by atoms with E-state index >= 15 is 0 Å². The fourth-order valence-electron chi connectivity index (χ4n) is 1.72. The number of phenols is 1. The molecule has 0 aliphatic heterocycles. The number of aromatic hydroxyl groups is 1. The van der Waals surface area contributed by atoms with E-state index in [2.05, 4.69) is 5.32 Å². The van der Waals surface area contributed by atoms with Crippen LogP contribution in [0.25, 0.3) is 0 Å². The summed E-state index contributed by atoms with van der Waals surface area (Å²) in [5.41, 5.74) is 0.418. The summed E-state index contributed by atoms with van der Waals surface area (Å²) in [7, 11) is 0. The number of para-hydroxylation sites is 1. The maximum absolute atomic E-state index is 13.6. The third-order valence-corrected chi connectivity index (χ3v) is 2.64. The highest BCUT2D eigenvalue weighted by Gasteiger charge is 2.11. The second kappa shape index (κ2) is 6.06. The number of anilines is 1. The highest BCUT2D eigenvalue weighted by atomic mass is 19.1. The van der Waals surface area contributed by atoms with Gasteiger partial charge in [-0.1, -0.05) is 12.1 Å². The van der Waals surface area contributed by atoms with Crippen LogP contribution in [-0.2, 0) is 0 Å². The zero-order valence-electron chi connectivity index (χ0n) is 10.9. The smallest absolute Gasteiger partial charge is 0.259 e. The first-order valence-corrected chi connectivity index (χ1v) is 6.13. The lowest BCUT2D eigenvalue weighted by molar-refractivity contribution is 0.102. The lowest BCUT2D eigenvalue weighted by Gasteiger charge is -2.09. The molecule has 0 saturated carbocycles. The van der Waals surface area contributed by atoms with Crippen LogP contribution in [0.4, 0.5) is 10.1 Å². The monoisotopic (exact) mass is 275 g/mol. The second-order valence-electron chi connectivity index (χ2n) is 4.05. The van der Waals surface area contributed by atoms with Gasteiger partial charge in [0.25, 0.3) is 5.91 Å². The van der Waals surface area contributed by atoms with Crippen LogP contribution < -0.4 is 10.1 Å². The van der Waals surface area contributed by atoms with Crippen LogP contribution in [0.3, 0.4) is 0 Å². The van der Waals surface area contributed by atoms with E-state index in [1.165, 1.54) is 30.3 Å². The zero-order chi connectivity index (χ0) is 14.5. The molecular formula is C15H14FNO3. The topological polar surface area (TPSA) is 58.6 Å². The van der Waals surface area contributed by atoms with Gasteiger partial charge in [0.2, 0.25) is 0 Å². The van der Waals surface area contributed by atoms with Crippen LogP contribution in [0.15, 0.2) is 42.5 Å². The number of carbonyl (C=O) groups is 1. The van der Waals surface area contributed by atoms with E-state index in [-0.39, 0.29) is 17.1 Å². The van der Waals surface area contributed by atoms with E-state index in [4.69, 9.17) is 4.74 Å². The Bertz CT molecular complexity index is 628. The van der Waals surface area contributed by atoms with Crippen molar-refractivity contribution in [1.82, 2.24) is 0 Å². The maximum atomic E-state index is 13.6. The lowest BCUT2D eigenvalue weighted by atomic mass is 10.2. The minimum atomic E-state index is -0.554. The van der Waals surface area contributed by atoms with Crippen LogP contribution in [0.5, 0.6) is 11.5 Å². The molecule has 2 rings (SSSR count). The first-order chi connectivity index (χ1) is 9.61. The average molecular weight is 275 g/mol. The van der Waals surface area contributed by atoms with Crippen molar-refractivity contribution in [3.05, 3.63) is 53.8 Å². The van der Waals surface area contributed by atoms with E-state index in [9.17, 15) is 14.3 Å². The second-order valence-corrected chi connectivity index (χ2v) is 4.05. The van der Waals surface area contributed by atoms with E-state index in [1.54, 1.807) is 19.1 Å². The minimum Gasteiger partial charge on any atom is -0.507 e. The molecule has 0 saturated heterocycles. The molecule has 0 spiro atoms. The Labute approximate surface area is 115 Å². The first kappa shape index (κ1) is 13.9. The number of halogens is 1. The molecule has 5 heteroatoms. The molecule has 0 aliphatic rings. The van der Waals surface area contributed by atoms with Crippen molar-refractivity contribution < 1.29 is 19.0 Å². The molecule has 0 heterocycles. The molecule has 2 aromatic rings. The molecule has 2 aromatic carbocycles. The van der Waals surface area contributed by atoms with Crippen molar-refractivity contribution in [3.8, 4) is 11.5 Å². The molecule has 0 atom stereocenters. The Kier molecular flexibility index (Phi) is 4.20. The summed E-state index contributed by atoms with van der Waals surface area (Å²) >= 11 is 0. The number of phenolic OH excluding ortho intramolecular Hbond substituents is 1. The van der Waals surface area contributed by atoms with E-state index < -0.39 is 11.7 Å². The summed E-state index contributed by atoms with van der Waals surface area (Å²) in [5, 5.41) is 12.1. The Morgan fingerprint density at radius 3 is 2.70 bits per heavy atom. The van der Waals surface area contributed by atoms with Crippen LogP contribution >= 0.6 is 0 Å². The number of hydrogen-bond acceptors (Lipinski definition) is 3. The van der Waals surface area contributed by atoms with Gasteiger partial charge in [-0.05, 0) is 31.2 Å². The molecule has 0 fully saturated rings. The first-order valence-electron chi connectivity index (χ1n) is 6.13. The molecule has 0 aromatic heterocycles. The van der Waals surface area contributed by atoms with Gasteiger partial charge in [-0.25, -0.2) is 4.39 Å². The Morgan fingerprint density at radius 1 is 1.30 bits per heavy atom. The third-order valence-electron chi connectivity index (χ3n) is 2.64. The Hall–Kier alpha value is -2.56. The minimum absolute atomic E-state index is 0.127. The summed E-state index contributed by atoms with van der Waals surface area (Å²) in [6.07, 6.45) is 0. The molecule has 0 aliphatic carbocycles. The molecule has 2 N–H and O–H groups in total. The van der Waals surface area contributed by atoms with E-state index in [0.717, 1.165) is 0 Å². The fraction of sp³-hybridized carbons (Fsp3) is 0.133. The number of carbonyl (C=O) groups excluding carboxylic acids is 1. The SMILES string of the molecule is CCOc1ccc(NC(=O)c2ccccc2O)cc1F. The van der Waals surface area contributed by atoms with Crippen LogP contribution in [0.2, 0.25) is 0 Å². The maximum Gasteiger partial charge on any atom is 0.259 e. The van der Waals surface area contributed by atoms with Gasteiger partial charge >= 0.3 is 0 Å². The van der Waals surface area contributed by atoms with E-state index in [0.29, 0.717) is 12.3 Å². The van der Waals surface area contributed by atoms with Gasteiger partial charge in [0.05, 0.1) is 12.2 Å². The lowest BCUT2D eigenvalue weighted by Crippen LogP contribution is -2.12. The van der Waals surface area contributed by atoms with Crippen LogP contribution in [0.1, 0.15) is 17.3 Å². The highest BCUT2D eigenvalue weighted by molar-refractivity contribution is 6.06. The highest BCUT2D eigenvalue weighted by Crippen LogP contribution is 2.23. The largest absolute Gasteiger partial charge is 0.507 e. The summed E-state index contributed by atoms with van der Waals surface area (Å²) in [6, 6.07) is 10.3. The Balaban J connectivity index is 2.16. The Morgan fingerprint density at radius 2 is 2.05 bits per heavy atom. The summed E-state index contributed by atoms with van der Waals surface area (Å²) in [5.74, 6) is -1.06. The summed E-state index contributed by atoms with van der Waals surface area (Å²) in [4.78, 5) is 11.9. The molecule has 104 valence electrons. The van der Waals surface area contributed by atoms with Gasteiger partial charge < -0.3 is 15.2 Å². The van der Waals surface area contributed by atoms with Crippen molar-refractivity contribution in [2.75, 3.05) is 11.9 Å². The van der Waals surface area contributed by atoms with Gasteiger partial charge in [-0.15, -0.1) is 0 Å². The molecule has 0 unspecified atom stereocenters. The van der Waals surface area contributed by atoms with Gasteiger partial charge in [-0.2, -0.15) is 0 Å². The normalized spacial score (nSPS) is 10.1. The summed E-state index contributed by atoms with van der Waals surface area (Å²) < 4.78 is 18.7. The van der Waals surface area contributed by atoms with E-state index in [1.807, 2.05) is 0 Å². The van der Waals surface area contributed by atoms with Gasteiger partial charge in [0, 0.05) is 11.8 Å². The zero-order valence-corrected chi connectivity index (χ0v) is 10.9. The number of rotatable bonds is 4. The van der Waals surface area contributed by atoms with Crippen molar-refractivity contribution in [1.29, 1.82) is 0 Å². The fourth-order valence-corrected chi connectivity index (χ4v) is 1.72. The number of nitrogens with one attached hydrogen (secondary N) is 1. The molecular weight excluding hydrogens is 261 g/mol. The quantitative estimate of drug-likeness (QED) is 0.901. The van der Waals surface area contributed by atoms with Crippen molar-refractivity contribution >= 4 is 11.6 Å². The number of amides is 1. The van der Waals surface area contributed by atoms with Gasteiger partial charge in [-0.3, -0.25) is 4.79 Å². The third kappa shape index (κ3) is 3.06. The molecule has 20 heavy (non-hydrogen) atoms. The van der Waals surface area contributed by atoms with Crippen molar-refractivity contribution in [2.45, 2.75) is 6.92 Å². The predicted octanol–water partition coefficient (Wildman–Crippen LogP) is 3.18. The average Bonchev–Trinajstić information content (AvgIpc) is 2.42. The van der Waals surface area contributed by atoms with Gasteiger partial charge in [0.15, 0.2) is 11.6 Å². The van der Waals surface area contributed by atoms with Crippen molar-refractivity contribution in [3.63, 3.8) is 0 Å².